The first-order valence-electron chi connectivity index (χ1n) is 7.00. The van der Waals surface area contributed by atoms with E-state index in [2.05, 4.69) is 0 Å². The average molecular weight is 388 g/mol. The molecule has 0 aliphatic heterocycles. The van der Waals surface area contributed by atoms with Crippen molar-refractivity contribution in [2.45, 2.75) is 19.4 Å². The summed E-state index contributed by atoms with van der Waals surface area (Å²) in [6, 6.07) is 11.6. The molecule has 0 N–H and O–H groups in total. The molecule has 0 spiro atoms. The molecule has 0 radical (unpaired) electrons. The second-order valence-corrected chi connectivity index (χ2v) is 6.03. The molecule has 4 nitrogen and oxygen atoms in total. The summed E-state index contributed by atoms with van der Waals surface area (Å²) in [5.74, 6) is -0.939. The lowest BCUT2D eigenvalue weighted by molar-refractivity contribution is -0.148. The van der Waals surface area contributed by atoms with Crippen molar-refractivity contribution in [1.29, 1.82) is 0 Å². The summed E-state index contributed by atoms with van der Waals surface area (Å²) in [6.45, 7) is 0.116. The molecule has 0 aromatic heterocycles. The van der Waals surface area contributed by atoms with Gasteiger partial charge in [0.05, 0.1) is 17.9 Å². The highest BCUT2D eigenvalue weighted by Gasteiger charge is 2.13. The predicted molar refractivity (Wildman–Crippen MR) is 92.6 cm³/mol. The van der Waals surface area contributed by atoms with Gasteiger partial charge in [-0.05, 0) is 29.8 Å². The third kappa shape index (κ3) is 5.71. The van der Waals surface area contributed by atoms with Crippen molar-refractivity contribution in [3.05, 3.63) is 63.1 Å². The Labute approximate surface area is 154 Å². The zero-order valence-corrected chi connectivity index (χ0v) is 14.7. The molecule has 0 amide bonds. The lowest BCUT2D eigenvalue weighted by Gasteiger charge is -2.07. The molecular weight excluding hydrogens is 375 g/mol. The Morgan fingerprint density at radius 1 is 0.875 bits per heavy atom. The SMILES string of the molecule is O=C(CCC(=O)Oc1cccc(Cl)c1Cl)OCc1ccc(Cl)cc1. The van der Waals surface area contributed by atoms with Crippen LogP contribution in [0.3, 0.4) is 0 Å². The highest BCUT2D eigenvalue weighted by Crippen LogP contribution is 2.31. The fourth-order valence-corrected chi connectivity index (χ4v) is 2.21. The molecule has 0 saturated carbocycles. The van der Waals surface area contributed by atoms with E-state index < -0.39 is 11.9 Å². The van der Waals surface area contributed by atoms with Crippen LogP contribution in [0.2, 0.25) is 15.1 Å². The number of carbonyl (C=O) groups excluding carboxylic acids is 2. The molecule has 0 fully saturated rings. The predicted octanol–water partition coefficient (Wildman–Crippen LogP) is 5.08. The third-order valence-corrected chi connectivity index (χ3v) is 4.04. The van der Waals surface area contributed by atoms with E-state index in [0.717, 1.165) is 5.56 Å². The van der Waals surface area contributed by atoms with Crippen LogP contribution in [0.25, 0.3) is 0 Å². The molecule has 2 rings (SSSR count). The van der Waals surface area contributed by atoms with Crippen molar-refractivity contribution in [2.75, 3.05) is 0 Å². The molecule has 0 saturated heterocycles. The molecule has 2 aromatic carbocycles. The minimum absolute atomic E-state index is 0.0927. The van der Waals surface area contributed by atoms with Crippen LogP contribution in [0.5, 0.6) is 5.75 Å². The Morgan fingerprint density at radius 3 is 2.25 bits per heavy atom. The molecule has 0 atom stereocenters. The first kappa shape index (κ1) is 18.6. The van der Waals surface area contributed by atoms with Gasteiger partial charge in [0.25, 0.3) is 0 Å². The lowest BCUT2D eigenvalue weighted by atomic mass is 10.2. The van der Waals surface area contributed by atoms with Crippen LogP contribution in [-0.2, 0) is 20.9 Å². The first-order chi connectivity index (χ1) is 11.5. The maximum Gasteiger partial charge on any atom is 0.311 e. The normalized spacial score (nSPS) is 10.3. The second-order valence-electron chi connectivity index (χ2n) is 4.81. The average Bonchev–Trinajstić information content (AvgIpc) is 2.56. The van der Waals surface area contributed by atoms with Gasteiger partial charge in [0.2, 0.25) is 0 Å². The van der Waals surface area contributed by atoms with Crippen LogP contribution >= 0.6 is 34.8 Å². The molecule has 126 valence electrons. The number of carbonyl (C=O) groups is 2. The van der Waals surface area contributed by atoms with Crippen molar-refractivity contribution in [3.63, 3.8) is 0 Å². The van der Waals surface area contributed by atoms with Gasteiger partial charge in [0, 0.05) is 5.02 Å². The van der Waals surface area contributed by atoms with Gasteiger partial charge in [-0.2, -0.15) is 0 Å². The van der Waals surface area contributed by atoms with Gasteiger partial charge in [-0.15, -0.1) is 0 Å². The molecule has 7 heteroatoms. The third-order valence-electron chi connectivity index (χ3n) is 2.99. The number of halogens is 3. The summed E-state index contributed by atoms with van der Waals surface area (Å²) < 4.78 is 10.1. The van der Waals surface area contributed by atoms with Gasteiger partial charge in [0.1, 0.15) is 11.6 Å². The Bertz CT molecular complexity index is 729. The minimum Gasteiger partial charge on any atom is -0.461 e. The number of ether oxygens (including phenoxy) is 2. The number of hydrogen-bond acceptors (Lipinski definition) is 4. The zero-order valence-electron chi connectivity index (χ0n) is 12.4. The van der Waals surface area contributed by atoms with Crippen LogP contribution in [0.4, 0.5) is 0 Å². The van der Waals surface area contributed by atoms with Gasteiger partial charge in [0.15, 0.2) is 5.75 Å². The summed E-state index contributed by atoms with van der Waals surface area (Å²) in [5, 5.41) is 1.04. The van der Waals surface area contributed by atoms with Gasteiger partial charge in [-0.25, -0.2) is 0 Å². The number of benzene rings is 2. The van der Waals surface area contributed by atoms with Gasteiger partial charge < -0.3 is 9.47 Å². The molecule has 0 bridgehead atoms. The van der Waals surface area contributed by atoms with E-state index in [1.807, 2.05) is 0 Å². The molecule has 0 aliphatic carbocycles. The summed E-state index contributed by atoms with van der Waals surface area (Å²) in [6.07, 6.45) is -0.215. The smallest absolute Gasteiger partial charge is 0.311 e. The number of hydrogen-bond donors (Lipinski definition) is 0. The van der Waals surface area contributed by atoms with Crippen LogP contribution < -0.4 is 4.74 Å². The number of esters is 2. The van der Waals surface area contributed by atoms with Crippen molar-refractivity contribution in [1.82, 2.24) is 0 Å². The van der Waals surface area contributed by atoms with Crippen LogP contribution in [0, 0.1) is 0 Å². The molecular formula is C17H13Cl3O4. The van der Waals surface area contributed by atoms with E-state index in [0.29, 0.717) is 5.02 Å². The van der Waals surface area contributed by atoms with E-state index in [4.69, 9.17) is 44.3 Å². The fourth-order valence-electron chi connectivity index (χ4n) is 1.76. The van der Waals surface area contributed by atoms with E-state index in [1.165, 1.54) is 6.07 Å². The Balaban J connectivity index is 1.75. The van der Waals surface area contributed by atoms with E-state index in [1.54, 1.807) is 36.4 Å². The van der Waals surface area contributed by atoms with Gasteiger partial charge in [-0.3, -0.25) is 9.59 Å². The van der Waals surface area contributed by atoms with Crippen molar-refractivity contribution in [3.8, 4) is 5.75 Å². The summed E-state index contributed by atoms with van der Waals surface area (Å²) >= 11 is 17.5. The highest BCUT2D eigenvalue weighted by atomic mass is 35.5. The summed E-state index contributed by atoms with van der Waals surface area (Å²) in [7, 11) is 0. The van der Waals surface area contributed by atoms with Crippen LogP contribution in [0.15, 0.2) is 42.5 Å². The summed E-state index contributed by atoms with van der Waals surface area (Å²) in [5.41, 5.74) is 0.807. The molecule has 2 aromatic rings. The van der Waals surface area contributed by atoms with Crippen molar-refractivity contribution in [2.24, 2.45) is 0 Å². The van der Waals surface area contributed by atoms with Crippen molar-refractivity contribution >= 4 is 46.7 Å². The topological polar surface area (TPSA) is 52.6 Å². The molecule has 0 aliphatic rings. The van der Waals surface area contributed by atoms with Crippen LogP contribution in [-0.4, -0.2) is 11.9 Å². The maximum atomic E-state index is 11.7. The number of rotatable bonds is 6. The quantitative estimate of drug-likeness (QED) is 0.512. The molecule has 0 unspecified atom stereocenters. The van der Waals surface area contributed by atoms with Crippen LogP contribution in [0.1, 0.15) is 18.4 Å². The standard InChI is InChI=1S/C17H13Cl3O4/c18-12-6-4-11(5-7-12)10-23-15(21)8-9-16(22)24-14-3-1-2-13(19)17(14)20/h1-7H,8-10H2. The van der Waals surface area contributed by atoms with E-state index >= 15 is 0 Å². The Morgan fingerprint density at radius 2 is 1.54 bits per heavy atom. The minimum atomic E-state index is -0.595. The highest BCUT2D eigenvalue weighted by molar-refractivity contribution is 6.43. The van der Waals surface area contributed by atoms with Crippen molar-refractivity contribution < 1.29 is 19.1 Å². The van der Waals surface area contributed by atoms with E-state index in [-0.39, 0.29) is 35.2 Å². The van der Waals surface area contributed by atoms with Gasteiger partial charge in [-0.1, -0.05) is 53.0 Å². The molecule has 24 heavy (non-hydrogen) atoms. The van der Waals surface area contributed by atoms with Gasteiger partial charge >= 0.3 is 11.9 Å². The summed E-state index contributed by atoms with van der Waals surface area (Å²) in [4.78, 5) is 23.4. The monoisotopic (exact) mass is 386 g/mol. The first-order valence-corrected chi connectivity index (χ1v) is 8.14. The largest absolute Gasteiger partial charge is 0.461 e. The van der Waals surface area contributed by atoms with E-state index in [9.17, 15) is 9.59 Å². The maximum absolute atomic E-state index is 11.7. The Hall–Kier alpha value is -1.75. The zero-order chi connectivity index (χ0) is 17.5. The lowest BCUT2D eigenvalue weighted by Crippen LogP contribution is -2.12. The fraction of sp³-hybridized carbons (Fsp3) is 0.176. The Kier molecular flexibility index (Phi) is 6.91. The molecule has 0 heterocycles. The second kappa shape index (κ2) is 8.92.